The van der Waals surface area contributed by atoms with Gasteiger partial charge in [-0.2, -0.15) is 0 Å². The number of rotatable bonds is 8. The van der Waals surface area contributed by atoms with Crippen LogP contribution in [0.1, 0.15) is 36.2 Å². The first-order valence-corrected chi connectivity index (χ1v) is 9.24. The highest BCUT2D eigenvalue weighted by Gasteiger charge is 2.20. The smallest absolute Gasteiger partial charge is 0.344 e. The van der Waals surface area contributed by atoms with Crippen molar-refractivity contribution in [3.05, 3.63) is 47.2 Å². The lowest BCUT2D eigenvalue weighted by Gasteiger charge is -2.13. The fourth-order valence-corrected chi connectivity index (χ4v) is 2.97. The van der Waals surface area contributed by atoms with Crippen molar-refractivity contribution in [3.63, 3.8) is 0 Å². The fraction of sp³-hybridized carbons (Fsp3) is 0.263. The van der Waals surface area contributed by atoms with Crippen molar-refractivity contribution < 1.29 is 28.2 Å². The molecule has 0 N–H and O–H groups in total. The minimum Gasteiger partial charge on any atom is -0.493 e. The number of carbonyl (C=O) groups excluding carboxylic acids is 2. The van der Waals surface area contributed by atoms with Gasteiger partial charge in [0.1, 0.15) is 0 Å². The molecule has 3 rings (SSSR count). The summed E-state index contributed by atoms with van der Waals surface area (Å²) in [5, 5.41) is 9.77. The topological polar surface area (TPSA) is 101 Å². The number of hydrogen-bond donors (Lipinski definition) is 0. The number of thiophene rings is 1. The SMILES string of the molecule is COc1cc(C(C)=O)ccc1OCC(=O)O[C@H](C)c1nnc(-c2cccs2)o1. The second-order valence-corrected chi connectivity index (χ2v) is 6.71. The van der Waals surface area contributed by atoms with Crippen molar-refractivity contribution >= 4 is 23.1 Å². The highest BCUT2D eigenvalue weighted by molar-refractivity contribution is 7.13. The van der Waals surface area contributed by atoms with Crippen LogP contribution in [0.5, 0.6) is 11.5 Å². The molecule has 1 atom stereocenters. The zero-order valence-electron chi connectivity index (χ0n) is 15.5. The standard InChI is InChI=1S/C19H18N2O6S/c1-11(22)13-6-7-14(15(9-13)24-3)25-10-17(23)26-12(2)18-20-21-19(27-18)16-5-4-8-28-16/h4-9,12H,10H2,1-3H3/t12-/m1/s1. The average Bonchev–Trinajstić information content (AvgIpc) is 3.37. The lowest BCUT2D eigenvalue weighted by atomic mass is 10.1. The Balaban J connectivity index is 1.58. The average molecular weight is 402 g/mol. The Morgan fingerprint density at radius 1 is 1.21 bits per heavy atom. The number of ether oxygens (including phenoxy) is 3. The predicted molar refractivity (Wildman–Crippen MR) is 101 cm³/mol. The minimum atomic E-state index is -0.723. The third-order valence-corrected chi connectivity index (χ3v) is 4.60. The van der Waals surface area contributed by atoms with Crippen molar-refractivity contribution in [1.82, 2.24) is 10.2 Å². The molecule has 0 aliphatic carbocycles. The summed E-state index contributed by atoms with van der Waals surface area (Å²) >= 11 is 1.47. The van der Waals surface area contributed by atoms with Crippen LogP contribution in [0.3, 0.4) is 0 Å². The molecule has 8 nitrogen and oxygen atoms in total. The molecule has 3 aromatic rings. The molecule has 0 radical (unpaired) electrons. The molecule has 0 fully saturated rings. The van der Waals surface area contributed by atoms with Crippen molar-refractivity contribution in [3.8, 4) is 22.3 Å². The van der Waals surface area contributed by atoms with Gasteiger partial charge in [0.2, 0.25) is 0 Å². The van der Waals surface area contributed by atoms with Gasteiger partial charge in [0.05, 0.1) is 12.0 Å². The quantitative estimate of drug-likeness (QED) is 0.415. The maximum Gasteiger partial charge on any atom is 0.344 e. The second-order valence-electron chi connectivity index (χ2n) is 5.77. The van der Waals surface area contributed by atoms with Crippen LogP contribution in [-0.2, 0) is 9.53 Å². The number of Topliss-reactive ketones (excluding diaryl/α,β-unsaturated/α-hetero) is 1. The number of benzene rings is 1. The number of carbonyl (C=O) groups is 2. The molecule has 0 aliphatic heterocycles. The van der Waals surface area contributed by atoms with E-state index in [1.165, 1.54) is 25.4 Å². The summed E-state index contributed by atoms with van der Waals surface area (Å²) in [5.41, 5.74) is 0.485. The molecule has 146 valence electrons. The summed E-state index contributed by atoms with van der Waals surface area (Å²) < 4.78 is 21.5. The van der Waals surface area contributed by atoms with Gasteiger partial charge in [0.15, 0.2) is 30.0 Å². The monoisotopic (exact) mass is 402 g/mol. The molecular weight excluding hydrogens is 384 g/mol. The van der Waals surface area contributed by atoms with Crippen molar-refractivity contribution in [2.24, 2.45) is 0 Å². The first kappa shape index (κ1) is 19.6. The Kier molecular flexibility index (Phi) is 6.05. The number of hydrogen-bond acceptors (Lipinski definition) is 9. The van der Waals surface area contributed by atoms with E-state index < -0.39 is 12.1 Å². The van der Waals surface area contributed by atoms with Crippen LogP contribution in [0.4, 0.5) is 0 Å². The maximum atomic E-state index is 12.1. The molecule has 0 aliphatic rings. The molecule has 0 saturated heterocycles. The molecule has 0 bridgehead atoms. The van der Waals surface area contributed by atoms with E-state index in [0.717, 1.165) is 4.88 Å². The summed E-state index contributed by atoms with van der Waals surface area (Å²) in [6, 6.07) is 8.45. The normalized spacial score (nSPS) is 11.7. The molecule has 0 saturated carbocycles. The van der Waals surface area contributed by atoms with E-state index in [1.807, 2.05) is 17.5 Å². The molecule has 0 spiro atoms. The van der Waals surface area contributed by atoms with Gasteiger partial charge in [0.25, 0.3) is 11.8 Å². The van der Waals surface area contributed by atoms with E-state index in [-0.39, 0.29) is 18.3 Å². The number of methoxy groups -OCH3 is 1. The van der Waals surface area contributed by atoms with E-state index >= 15 is 0 Å². The lowest BCUT2D eigenvalue weighted by molar-refractivity contribution is -0.152. The number of nitrogens with zero attached hydrogens (tertiary/aromatic N) is 2. The molecule has 2 aromatic heterocycles. The molecule has 0 unspecified atom stereocenters. The fourth-order valence-electron chi connectivity index (χ4n) is 2.32. The Labute approximate surface area is 165 Å². The summed E-state index contributed by atoms with van der Waals surface area (Å²) in [5.74, 6) is 0.543. The van der Waals surface area contributed by atoms with Crippen LogP contribution < -0.4 is 9.47 Å². The van der Waals surface area contributed by atoms with Gasteiger partial charge in [-0.05, 0) is 43.5 Å². The van der Waals surface area contributed by atoms with Crippen LogP contribution in [-0.4, -0.2) is 35.7 Å². The van der Waals surface area contributed by atoms with Crippen LogP contribution in [0.15, 0.2) is 40.1 Å². The molecule has 28 heavy (non-hydrogen) atoms. The lowest BCUT2D eigenvalue weighted by Crippen LogP contribution is -2.17. The van der Waals surface area contributed by atoms with Crippen LogP contribution in [0.2, 0.25) is 0 Å². The van der Waals surface area contributed by atoms with E-state index in [1.54, 1.807) is 25.1 Å². The van der Waals surface area contributed by atoms with Gasteiger partial charge in [0, 0.05) is 5.56 Å². The summed E-state index contributed by atoms with van der Waals surface area (Å²) in [4.78, 5) is 24.3. The van der Waals surface area contributed by atoms with E-state index in [2.05, 4.69) is 10.2 Å². The first-order valence-electron chi connectivity index (χ1n) is 8.36. The predicted octanol–water partition coefficient (Wildman–Crippen LogP) is 3.69. The Morgan fingerprint density at radius 3 is 2.71 bits per heavy atom. The first-order chi connectivity index (χ1) is 13.5. The highest BCUT2D eigenvalue weighted by atomic mass is 32.1. The summed E-state index contributed by atoms with van der Waals surface area (Å²) in [6.07, 6.45) is -0.723. The van der Waals surface area contributed by atoms with Gasteiger partial charge in [-0.3, -0.25) is 4.79 Å². The zero-order chi connectivity index (χ0) is 20.1. The third kappa shape index (κ3) is 4.55. The van der Waals surface area contributed by atoms with E-state index in [9.17, 15) is 9.59 Å². The number of ketones is 1. The number of aromatic nitrogens is 2. The largest absolute Gasteiger partial charge is 0.493 e. The van der Waals surface area contributed by atoms with Crippen molar-refractivity contribution in [2.75, 3.05) is 13.7 Å². The maximum absolute atomic E-state index is 12.1. The third-order valence-electron chi connectivity index (χ3n) is 3.74. The molecular formula is C19H18N2O6S. The van der Waals surface area contributed by atoms with E-state index in [0.29, 0.717) is 23.0 Å². The van der Waals surface area contributed by atoms with E-state index in [4.69, 9.17) is 18.6 Å². The zero-order valence-corrected chi connectivity index (χ0v) is 16.3. The second kappa shape index (κ2) is 8.66. The van der Waals surface area contributed by atoms with Crippen molar-refractivity contribution in [1.29, 1.82) is 0 Å². The summed E-state index contributed by atoms with van der Waals surface area (Å²) in [7, 11) is 1.45. The van der Waals surface area contributed by atoms with Gasteiger partial charge in [-0.15, -0.1) is 21.5 Å². The Bertz CT molecular complexity index is 967. The van der Waals surface area contributed by atoms with Gasteiger partial charge in [-0.25, -0.2) is 4.79 Å². The highest BCUT2D eigenvalue weighted by Crippen LogP contribution is 2.29. The van der Waals surface area contributed by atoms with Crippen LogP contribution in [0, 0.1) is 0 Å². The van der Waals surface area contributed by atoms with Gasteiger partial charge in [-0.1, -0.05) is 6.07 Å². The Morgan fingerprint density at radius 2 is 2.04 bits per heavy atom. The molecule has 9 heteroatoms. The molecule has 2 heterocycles. The molecule has 0 amide bonds. The van der Waals surface area contributed by atoms with Gasteiger partial charge < -0.3 is 18.6 Å². The Hall–Kier alpha value is -3.20. The summed E-state index contributed by atoms with van der Waals surface area (Å²) in [6.45, 7) is 2.74. The van der Waals surface area contributed by atoms with Crippen LogP contribution >= 0.6 is 11.3 Å². The van der Waals surface area contributed by atoms with Gasteiger partial charge >= 0.3 is 5.97 Å². The molecule has 1 aromatic carbocycles. The number of esters is 1. The van der Waals surface area contributed by atoms with Crippen molar-refractivity contribution in [2.45, 2.75) is 20.0 Å². The minimum absolute atomic E-state index is 0.0976. The van der Waals surface area contributed by atoms with Crippen LogP contribution in [0.25, 0.3) is 10.8 Å².